The molecule has 0 aromatic heterocycles. The monoisotopic (exact) mass is 333 g/mol. The van der Waals surface area contributed by atoms with E-state index in [1.165, 1.54) is 7.11 Å². The van der Waals surface area contributed by atoms with Crippen LogP contribution in [0.5, 0.6) is 11.5 Å². The number of amides is 1. The first-order valence-electron chi connectivity index (χ1n) is 8.00. The molecule has 1 amide bonds. The van der Waals surface area contributed by atoms with Crippen molar-refractivity contribution in [1.29, 1.82) is 0 Å². The van der Waals surface area contributed by atoms with Crippen LogP contribution in [0.2, 0.25) is 0 Å². The second-order valence-corrected chi connectivity index (χ2v) is 5.87. The molecule has 0 unspecified atom stereocenters. The van der Waals surface area contributed by atoms with Crippen LogP contribution in [0.25, 0.3) is 0 Å². The van der Waals surface area contributed by atoms with Crippen molar-refractivity contribution in [3.8, 4) is 11.5 Å². The summed E-state index contributed by atoms with van der Waals surface area (Å²) in [5.41, 5.74) is -0.843. The van der Waals surface area contributed by atoms with E-state index in [0.717, 1.165) is 19.3 Å². The highest BCUT2D eigenvalue weighted by Crippen LogP contribution is 2.31. The maximum Gasteiger partial charge on any atom is 0.329 e. The van der Waals surface area contributed by atoms with Gasteiger partial charge in [0.25, 0.3) is 5.91 Å². The SMILES string of the molecule is C=CCOc1ccc(C(=O)NC2(C(=O)O)CCCCC2)cc1OC. The van der Waals surface area contributed by atoms with E-state index in [1.807, 2.05) is 0 Å². The zero-order chi connectivity index (χ0) is 17.6. The number of rotatable bonds is 7. The number of carbonyl (C=O) groups excluding carboxylic acids is 1. The van der Waals surface area contributed by atoms with Crippen LogP contribution in [-0.4, -0.2) is 36.2 Å². The summed E-state index contributed by atoms with van der Waals surface area (Å²) in [6.07, 6.45) is 5.10. The van der Waals surface area contributed by atoms with Crippen LogP contribution in [0, 0.1) is 0 Å². The summed E-state index contributed by atoms with van der Waals surface area (Å²) in [5, 5.41) is 12.3. The molecule has 0 bridgehead atoms. The largest absolute Gasteiger partial charge is 0.493 e. The predicted molar refractivity (Wildman–Crippen MR) is 89.6 cm³/mol. The lowest BCUT2D eigenvalue weighted by molar-refractivity contribution is -0.145. The van der Waals surface area contributed by atoms with Crippen molar-refractivity contribution in [1.82, 2.24) is 5.32 Å². The van der Waals surface area contributed by atoms with Gasteiger partial charge in [0.15, 0.2) is 11.5 Å². The summed E-state index contributed by atoms with van der Waals surface area (Å²) in [7, 11) is 1.48. The van der Waals surface area contributed by atoms with Gasteiger partial charge in [-0.05, 0) is 31.0 Å². The average molecular weight is 333 g/mol. The van der Waals surface area contributed by atoms with E-state index in [-0.39, 0.29) is 0 Å². The van der Waals surface area contributed by atoms with Crippen molar-refractivity contribution in [2.24, 2.45) is 0 Å². The Morgan fingerprint density at radius 2 is 2.00 bits per heavy atom. The maximum absolute atomic E-state index is 12.5. The molecule has 6 nitrogen and oxygen atoms in total. The second kappa shape index (κ2) is 7.86. The molecule has 0 spiro atoms. The molecule has 0 aliphatic heterocycles. The Morgan fingerprint density at radius 1 is 1.29 bits per heavy atom. The minimum Gasteiger partial charge on any atom is -0.493 e. The quantitative estimate of drug-likeness (QED) is 0.750. The van der Waals surface area contributed by atoms with Gasteiger partial charge in [0.05, 0.1) is 7.11 Å². The third-order valence-electron chi connectivity index (χ3n) is 4.25. The zero-order valence-electron chi connectivity index (χ0n) is 13.8. The molecule has 1 aromatic carbocycles. The smallest absolute Gasteiger partial charge is 0.329 e. The number of methoxy groups -OCH3 is 1. The van der Waals surface area contributed by atoms with Crippen LogP contribution < -0.4 is 14.8 Å². The van der Waals surface area contributed by atoms with Gasteiger partial charge in [0.1, 0.15) is 12.1 Å². The average Bonchev–Trinajstić information content (AvgIpc) is 2.60. The minimum absolute atomic E-state index is 0.323. The Morgan fingerprint density at radius 3 is 2.58 bits per heavy atom. The normalized spacial score (nSPS) is 16.0. The first kappa shape index (κ1) is 17.8. The molecule has 1 aliphatic rings. The van der Waals surface area contributed by atoms with Gasteiger partial charge in [-0.3, -0.25) is 4.79 Å². The fourth-order valence-corrected chi connectivity index (χ4v) is 2.91. The summed E-state index contributed by atoms with van der Waals surface area (Å²) in [6, 6.07) is 4.77. The van der Waals surface area contributed by atoms with E-state index in [9.17, 15) is 14.7 Å². The lowest BCUT2D eigenvalue weighted by Gasteiger charge is -2.34. The Hall–Kier alpha value is -2.50. The molecule has 24 heavy (non-hydrogen) atoms. The number of carbonyl (C=O) groups is 2. The van der Waals surface area contributed by atoms with Crippen LogP contribution >= 0.6 is 0 Å². The number of aliphatic carboxylic acids is 1. The number of hydrogen-bond acceptors (Lipinski definition) is 4. The van der Waals surface area contributed by atoms with Crippen LogP contribution in [0.3, 0.4) is 0 Å². The summed E-state index contributed by atoms with van der Waals surface area (Å²) < 4.78 is 10.7. The third-order valence-corrected chi connectivity index (χ3v) is 4.25. The molecule has 1 saturated carbocycles. The van der Waals surface area contributed by atoms with E-state index >= 15 is 0 Å². The Kier molecular flexibility index (Phi) is 5.84. The summed E-state index contributed by atoms with van der Waals surface area (Å²) in [6.45, 7) is 3.90. The van der Waals surface area contributed by atoms with Gasteiger partial charge < -0.3 is 19.9 Å². The molecule has 6 heteroatoms. The fraction of sp³-hybridized carbons (Fsp3) is 0.444. The molecular weight excluding hydrogens is 310 g/mol. The number of carboxylic acids is 1. The molecule has 1 aromatic rings. The molecule has 1 aliphatic carbocycles. The molecule has 2 rings (SSSR count). The number of carboxylic acid groups (broad SMARTS) is 1. The number of hydrogen-bond donors (Lipinski definition) is 2. The predicted octanol–water partition coefficient (Wildman–Crippen LogP) is 2.78. The van der Waals surface area contributed by atoms with Crippen molar-refractivity contribution in [2.45, 2.75) is 37.6 Å². The summed E-state index contributed by atoms with van der Waals surface area (Å²) >= 11 is 0. The van der Waals surface area contributed by atoms with E-state index in [0.29, 0.717) is 36.5 Å². The molecule has 0 heterocycles. The molecule has 2 N–H and O–H groups in total. The first-order chi connectivity index (χ1) is 11.5. The Balaban J connectivity index is 2.19. The fourth-order valence-electron chi connectivity index (χ4n) is 2.91. The summed E-state index contributed by atoms with van der Waals surface area (Å²) in [4.78, 5) is 24.2. The van der Waals surface area contributed by atoms with Gasteiger partial charge >= 0.3 is 5.97 Å². The van der Waals surface area contributed by atoms with E-state index in [2.05, 4.69) is 11.9 Å². The van der Waals surface area contributed by atoms with E-state index < -0.39 is 17.4 Å². The molecule has 1 fully saturated rings. The highest BCUT2D eigenvalue weighted by molar-refractivity contribution is 5.98. The lowest BCUT2D eigenvalue weighted by Crippen LogP contribution is -2.55. The van der Waals surface area contributed by atoms with Crippen LogP contribution in [0.15, 0.2) is 30.9 Å². The van der Waals surface area contributed by atoms with Gasteiger partial charge in [-0.15, -0.1) is 0 Å². The van der Waals surface area contributed by atoms with E-state index in [4.69, 9.17) is 9.47 Å². The Labute approximate surface area is 141 Å². The summed E-state index contributed by atoms with van der Waals surface area (Å²) in [5.74, 6) is -0.488. The molecule has 130 valence electrons. The molecular formula is C18H23NO5. The van der Waals surface area contributed by atoms with Gasteiger partial charge in [0.2, 0.25) is 0 Å². The van der Waals surface area contributed by atoms with Crippen molar-refractivity contribution in [2.75, 3.05) is 13.7 Å². The maximum atomic E-state index is 12.5. The lowest BCUT2D eigenvalue weighted by atomic mass is 9.81. The van der Waals surface area contributed by atoms with Gasteiger partial charge in [-0.25, -0.2) is 4.79 Å². The van der Waals surface area contributed by atoms with Crippen molar-refractivity contribution in [3.63, 3.8) is 0 Å². The highest BCUT2D eigenvalue weighted by Gasteiger charge is 2.41. The van der Waals surface area contributed by atoms with Gasteiger partial charge in [-0.1, -0.05) is 31.9 Å². The zero-order valence-corrected chi connectivity index (χ0v) is 13.8. The van der Waals surface area contributed by atoms with Crippen LogP contribution in [-0.2, 0) is 4.79 Å². The second-order valence-electron chi connectivity index (χ2n) is 5.87. The van der Waals surface area contributed by atoms with Gasteiger partial charge in [0, 0.05) is 5.56 Å². The number of nitrogens with one attached hydrogen (secondary N) is 1. The van der Waals surface area contributed by atoms with Crippen molar-refractivity contribution < 1.29 is 24.2 Å². The topological polar surface area (TPSA) is 84.9 Å². The van der Waals surface area contributed by atoms with E-state index in [1.54, 1.807) is 24.3 Å². The highest BCUT2D eigenvalue weighted by atomic mass is 16.5. The third kappa shape index (κ3) is 3.88. The number of benzene rings is 1. The number of ether oxygens (including phenoxy) is 2. The molecule has 0 radical (unpaired) electrons. The van der Waals surface area contributed by atoms with Crippen LogP contribution in [0.1, 0.15) is 42.5 Å². The van der Waals surface area contributed by atoms with Crippen molar-refractivity contribution in [3.05, 3.63) is 36.4 Å². The van der Waals surface area contributed by atoms with Crippen molar-refractivity contribution >= 4 is 11.9 Å². The molecule has 0 atom stereocenters. The minimum atomic E-state index is -1.18. The molecule has 0 saturated heterocycles. The first-order valence-corrected chi connectivity index (χ1v) is 8.00. The Bertz CT molecular complexity index is 620. The van der Waals surface area contributed by atoms with Gasteiger partial charge in [-0.2, -0.15) is 0 Å². The van der Waals surface area contributed by atoms with Crippen LogP contribution in [0.4, 0.5) is 0 Å². The standard InChI is InChI=1S/C18H23NO5/c1-3-11-24-14-8-7-13(12-15(14)23-2)16(20)19-18(17(21)22)9-5-4-6-10-18/h3,7-8,12H,1,4-6,9-11H2,2H3,(H,19,20)(H,21,22).